The number of amides is 1. The molecule has 4 rings (SSSR count). The van der Waals surface area contributed by atoms with Crippen molar-refractivity contribution in [3.63, 3.8) is 0 Å². The van der Waals surface area contributed by atoms with Crippen LogP contribution in [0.1, 0.15) is 17.3 Å². The zero-order chi connectivity index (χ0) is 22.8. The molecule has 2 heterocycles. The first-order chi connectivity index (χ1) is 15.5. The van der Waals surface area contributed by atoms with Crippen molar-refractivity contribution < 1.29 is 24.2 Å². The van der Waals surface area contributed by atoms with Crippen LogP contribution in [0.25, 0.3) is 5.76 Å². The first-order valence-corrected chi connectivity index (χ1v) is 10.0. The lowest BCUT2D eigenvalue weighted by Crippen LogP contribution is -2.29. The number of rotatable bonds is 5. The molecule has 1 amide bonds. The molecule has 32 heavy (non-hydrogen) atoms. The maximum absolute atomic E-state index is 13.1. The first kappa shape index (κ1) is 21.4. The Morgan fingerprint density at radius 2 is 1.78 bits per heavy atom. The third kappa shape index (κ3) is 3.67. The fourth-order valence-electron chi connectivity index (χ4n) is 3.68. The summed E-state index contributed by atoms with van der Waals surface area (Å²) < 4.78 is 10.5. The van der Waals surface area contributed by atoms with Crippen molar-refractivity contribution >= 4 is 34.7 Å². The summed E-state index contributed by atoms with van der Waals surface area (Å²) >= 11 is 6.13. The van der Waals surface area contributed by atoms with Gasteiger partial charge in [-0.05, 0) is 48.5 Å². The molecule has 1 aromatic heterocycles. The molecule has 0 bridgehead atoms. The van der Waals surface area contributed by atoms with Gasteiger partial charge in [0.25, 0.3) is 11.7 Å². The summed E-state index contributed by atoms with van der Waals surface area (Å²) in [5, 5.41) is 11.6. The summed E-state index contributed by atoms with van der Waals surface area (Å²) in [6, 6.07) is 15.6. The highest BCUT2D eigenvalue weighted by molar-refractivity contribution is 6.51. The van der Waals surface area contributed by atoms with Gasteiger partial charge in [-0.3, -0.25) is 19.5 Å². The maximum Gasteiger partial charge on any atom is 0.300 e. The van der Waals surface area contributed by atoms with E-state index in [1.165, 1.54) is 25.2 Å². The Kier molecular flexibility index (Phi) is 5.83. The molecule has 0 spiro atoms. The molecule has 1 aliphatic heterocycles. The summed E-state index contributed by atoms with van der Waals surface area (Å²) in [6.07, 6.45) is 1.56. The summed E-state index contributed by atoms with van der Waals surface area (Å²) in [7, 11) is 2.96. The maximum atomic E-state index is 13.1. The normalized spacial score (nSPS) is 17.5. The van der Waals surface area contributed by atoms with Gasteiger partial charge in [-0.2, -0.15) is 0 Å². The second-order valence-electron chi connectivity index (χ2n) is 6.97. The highest BCUT2D eigenvalue weighted by Crippen LogP contribution is 2.42. The Bertz CT molecular complexity index is 1230. The molecule has 1 fully saturated rings. The van der Waals surface area contributed by atoms with Crippen LogP contribution in [0.4, 0.5) is 5.69 Å². The number of anilines is 1. The summed E-state index contributed by atoms with van der Waals surface area (Å²) in [5.74, 6) is -1.12. The Labute approximate surface area is 189 Å². The van der Waals surface area contributed by atoms with E-state index in [0.717, 1.165) is 0 Å². The monoisotopic (exact) mass is 450 g/mol. The van der Waals surface area contributed by atoms with Gasteiger partial charge in [0.2, 0.25) is 0 Å². The fraction of sp³-hybridized carbons (Fsp3) is 0.125. The molecule has 2 aromatic carbocycles. The highest BCUT2D eigenvalue weighted by Gasteiger charge is 2.47. The second-order valence-corrected chi connectivity index (χ2v) is 7.41. The van der Waals surface area contributed by atoms with Gasteiger partial charge in [-0.15, -0.1) is 0 Å². The molecule has 8 heteroatoms. The van der Waals surface area contributed by atoms with Crippen LogP contribution in [0.2, 0.25) is 5.02 Å². The molecule has 0 radical (unpaired) electrons. The van der Waals surface area contributed by atoms with Gasteiger partial charge >= 0.3 is 0 Å². The number of carbonyl (C=O) groups is 2. The molecular formula is C24H19ClN2O5. The van der Waals surface area contributed by atoms with Gasteiger partial charge in [0.1, 0.15) is 11.8 Å². The molecule has 7 nitrogen and oxygen atoms in total. The molecule has 0 saturated carbocycles. The minimum Gasteiger partial charge on any atom is -0.507 e. The molecule has 1 atom stereocenters. The van der Waals surface area contributed by atoms with Crippen LogP contribution in [0.5, 0.6) is 11.5 Å². The summed E-state index contributed by atoms with van der Waals surface area (Å²) in [5.41, 5.74) is 1.06. The predicted octanol–water partition coefficient (Wildman–Crippen LogP) is 4.38. The van der Waals surface area contributed by atoms with E-state index in [-0.39, 0.29) is 11.3 Å². The van der Waals surface area contributed by atoms with E-state index < -0.39 is 17.7 Å². The zero-order valence-corrected chi connectivity index (χ0v) is 18.0. The van der Waals surface area contributed by atoms with E-state index >= 15 is 0 Å². The number of aliphatic hydroxyl groups is 1. The third-order valence-electron chi connectivity index (χ3n) is 5.16. The van der Waals surface area contributed by atoms with Crippen LogP contribution in [0.15, 0.2) is 72.4 Å². The number of pyridine rings is 1. The fourth-order valence-corrected chi connectivity index (χ4v) is 3.87. The van der Waals surface area contributed by atoms with Crippen LogP contribution >= 0.6 is 11.6 Å². The van der Waals surface area contributed by atoms with Crippen LogP contribution in [0, 0.1) is 0 Å². The van der Waals surface area contributed by atoms with Crippen LogP contribution in [-0.2, 0) is 9.59 Å². The Morgan fingerprint density at radius 1 is 1.00 bits per heavy atom. The van der Waals surface area contributed by atoms with Gasteiger partial charge < -0.3 is 14.6 Å². The zero-order valence-electron chi connectivity index (χ0n) is 17.3. The van der Waals surface area contributed by atoms with Crippen molar-refractivity contribution in [2.75, 3.05) is 19.1 Å². The lowest BCUT2D eigenvalue weighted by molar-refractivity contribution is -0.132. The molecule has 1 N–H and O–H groups in total. The van der Waals surface area contributed by atoms with Crippen molar-refractivity contribution in [3.8, 4) is 11.5 Å². The number of carbonyl (C=O) groups excluding carboxylic acids is 2. The number of nitrogens with zero attached hydrogens (tertiary/aromatic N) is 2. The summed E-state index contributed by atoms with van der Waals surface area (Å²) in [6.45, 7) is 0. The van der Waals surface area contributed by atoms with Crippen molar-refractivity contribution in [1.82, 2.24) is 4.98 Å². The average molecular weight is 451 g/mol. The van der Waals surface area contributed by atoms with E-state index in [2.05, 4.69) is 4.98 Å². The van der Waals surface area contributed by atoms with Crippen molar-refractivity contribution in [1.29, 1.82) is 0 Å². The van der Waals surface area contributed by atoms with Gasteiger partial charge in [0, 0.05) is 22.5 Å². The molecule has 1 aliphatic rings. The number of ketones is 1. The van der Waals surface area contributed by atoms with Crippen LogP contribution in [0.3, 0.4) is 0 Å². The second kappa shape index (κ2) is 8.72. The van der Waals surface area contributed by atoms with Crippen molar-refractivity contribution in [2.24, 2.45) is 0 Å². The lowest BCUT2D eigenvalue weighted by Gasteiger charge is -2.24. The molecular weight excluding hydrogens is 432 g/mol. The quantitative estimate of drug-likeness (QED) is 0.352. The number of benzene rings is 2. The number of hydrogen-bond donors (Lipinski definition) is 1. The lowest BCUT2D eigenvalue weighted by atomic mass is 9.98. The Balaban J connectivity index is 1.93. The van der Waals surface area contributed by atoms with Crippen molar-refractivity contribution in [3.05, 3.63) is 88.7 Å². The Hall–Kier alpha value is -3.84. The molecule has 1 saturated heterocycles. The van der Waals surface area contributed by atoms with E-state index in [0.29, 0.717) is 33.5 Å². The Morgan fingerprint density at radius 3 is 2.44 bits per heavy atom. The number of hydrogen-bond acceptors (Lipinski definition) is 6. The van der Waals surface area contributed by atoms with Gasteiger partial charge in [0.15, 0.2) is 11.5 Å². The van der Waals surface area contributed by atoms with Crippen molar-refractivity contribution in [2.45, 2.75) is 6.04 Å². The molecule has 1 unspecified atom stereocenters. The number of aromatic nitrogens is 1. The minimum atomic E-state index is -0.942. The van der Waals surface area contributed by atoms with Gasteiger partial charge in [-0.1, -0.05) is 23.7 Å². The SMILES string of the molecule is COc1ccc(/C(O)=C2\C(=O)C(=O)N(c3cccc(Cl)c3)C2c2ccccn2)cc1OC. The topological polar surface area (TPSA) is 89.0 Å². The molecule has 162 valence electrons. The summed E-state index contributed by atoms with van der Waals surface area (Å²) in [4.78, 5) is 31.9. The van der Waals surface area contributed by atoms with Gasteiger partial charge in [0.05, 0.1) is 25.5 Å². The van der Waals surface area contributed by atoms with E-state index in [1.54, 1.807) is 60.8 Å². The van der Waals surface area contributed by atoms with E-state index in [9.17, 15) is 14.7 Å². The smallest absolute Gasteiger partial charge is 0.300 e. The predicted molar refractivity (Wildman–Crippen MR) is 120 cm³/mol. The highest BCUT2D eigenvalue weighted by atomic mass is 35.5. The number of ether oxygens (including phenoxy) is 2. The standard InChI is InChI=1S/C24H19ClN2O5/c1-31-18-10-9-14(12-19(18)32-2)22(28)20-21(17-8-3-4-11-26-17)27(24(30)23(20)29)16-7-5-6-15(25)13-16/h3-13,21,28H,1-2H3/b22-20+. The van der Waals surface area contributed by atoms with E-state index in [4.69, 9.17) is 21.1 Å². The van der Waals surface area contributed by atoms with Crippen LogP contribution < -0.4 is 14.4 Å². The number of Topliss-reactive ketones (excluding diaryl/α,β-unsaturated/α-hetero) is 1. The minimum absolute atomic E-state index is 0.0825. The largest absolute Gasteiger partial charge is 0.507 e. The molecule has 0 aliphatic carbocycles. The average Bonchev–Trinajstić information content (AvgIpc) is 3.09. The molecule has 3 aromatic rings. The number of halogens is 1. The first-order valence-electron chi connectivity index (χ1n) is 9.66. The third-order valence-corrected chi connectivity index (χ3v) is 5.39. The number of methoxy groups -OCH3 is 2. The van der Waals surface area contributed by atoms with E-state index in [1.807, 2.05) is 0 Å². The van der Waals surface area contributed by atoms with Crippen LogP contribution in [-0.4, -0.2) is 36.0 Å². The van der Waals surface area contributed by atoms with Gasteiger partial charge in [-0.25, -0.2) is 0 Å². The number of aliphatic hydroxyl groups excluding tert-OH is 1.